The monoisotopic (exact) mass is 380 g/mol. The molecule has 1 aliphatic rings. The van der Waals surface area contributed by atoms with Gasteiger partial charge in [0.2, 0.25) is 0 Å². The number of hydrogen-bond donors (Lipinski definition) is 2. The Kier molecular flexibility index (Phi) is 4.67. The summed E-state index contributed by atoms with van der Waals surface area (Å²) in [6.45, 7) is 3.01. The van der Waals surface area contributed by atoms with Crippen LogP contribution in [0.3, 0.4) is 0 Å². The van der Waals surface area contributed by atoms with Crippen molar-refractivity contribution in [3.8, 4) is 6.07 Å². The predicted molar refractivity (Wildman–Crippen MR) is 102 cm³/mol. The minimum atomic E-state index is -0.407. The first-order valence-corrected chi connectivity index (χ1v) is 9.04. The molecule has 3 N–H and O–H groups in total. The van der Waals surface area contributed by atoms with Crippen LogP contribution in [-0.2, 0) is 4.74 Å². The third kappa shape index (κ3) is 3.05. The highest BCUT2D eigenvalue weighted by Crippen LogP contribution is 2.25. The van der Waals surface area contributed by atoms with E-state index in [0.29, 0.717) is 30.5 Å². The second-order valence-corrected chi connectivity index (χ2v) is 6.69. The van der Waals surface area contributed by atoms with Crippen LogP contribution in [0.1, 0.15) is 43.2 Å². The lowest BCUT2D eigenvalue weighted by Crippen LogP contribution is -2.38. The zero-order valence-corrected chi connectivity index (χ0v) is 15.4. The van der Waals surface area contributed by atoms with Gasteiger partial charge in [-0.1, -0.05) is 0 Å². The Hall–Kier alpha value is -3.45. The number of ether oxygens (including phenoxy) is 1. The van der Waals surface area contributed by atoms with Gasteiger partial charge in [-0.2, -0.15) is 5.26 Å². The molecule has 3 aromatic heterocycles. The Morgan fingerprint density at radius 3 is 3.07 bits per heavy atom. The van der Waals surface area contributed by atoms with Crippen LogP contribution in [0, 0.1) is 11.3 Å². The SMILES string of the molecule is C[C@H](Nc1ncnc(N)c1C#N)c1nc2cccn2c(=O)n1[C@@H]1CCCOC1. The molecule has 10 heteroatoms. The Labute approximate surface area is 160 Å². The van der Waals surface area contributed by atoms with Crippen molar-refractivity contribution in [3.63, 3.8) is 0 Å². The zero-order chi connectivity index (χ0) is 19.7. The summed E-state index contributed by atoms with van der Waals surface area (Å²) in [6, 6.07) is 5.06. The molecule has 10 nitrogen and oxygen atoms in total. The van der Waals surface area contributed by atoms with E-state index in [2.05, 4.69) is 15.3 Å². The molecule has 1 fully saturated rings. The second kappa shape index (κ2) is 7.28. The number of nitrogens with one attached hydrogen (secondary N) is 1. The van der Waals surface area contributed by atoms with E-state index in [9.17, 15) is 10.1 Å². The van der Waals surface area contributed by atoms with Crippen LogP contribution in [0.25, 0.3) is 5.65 Å². The van der Waals surface area contributed by atoms with E-state index in [1.54, 1.807) is 22.9 Å². The van der Waals surface area contributed by atoms with Gasteiger partial charge >= 0.3 is 5.69 Å². The van der Waals surface area contributed by atoms with Crippen LogP contribution in [0.2, 0.25) is 0 Å². The molecule has 2 atom stereocenters. The number of aromatic nitrogens is 5. The molecular weight excluding hydrogens is 360 g/mol. The van der Waals surface area contributed by atoms with Crippen LogP contribution in [0.5, 0.6) is 0 Å². The van der Waals surface area contributed by atoms with E-state index in [0.717, 1.165) is 12.8 Å². The van der Waals surface area contributed by atoms with Crippen LogP contribution in [-0.4, -0.2) is 37.1 Å². The summed E-state index contributed by atoms with van der Waals surface area (Å²) in [4.78, 5) is 25.8. The highest BCUT2D eigenvalue weighted by Gasteiger charge is 2.25. The summed E-state index contributed by atoms with van der Waals surface area (Å²) < 4.78 is 8.80. The molecule has 3 aromatic rings. The van der Waals surface area contributed by atoms with E-state index in [1.165, 1.54) is 10.7 Å². The quantitative estimate of drug-likeness (QED) is 0.690. The highest BCUT2D eigenvalue weighted by molar-refractivity contribution is 5.62. The summed E-state index contributed by atoms with van der Waals surface area (Å²) in [5.74, 6) is 0.950. The normalized spacial score (nSPS) is 17.9. The number of nitriles is 1. The largest absolute Gasteiger partial charge is 0.382 e. The van der Waals surface area contributed by atoms with Gasteiger partial charge in [0.15, 0.2) is 0 Å². The van der Waals surface area contributed by atoms with Gasteiger partial charge in [-0.15, -0.1) is 0 Å². The van der Waals surface area contributed by atoms with Gasteiger partial charge in [0, 0.05) is 12.8 Å². The average molecular weight is 380 g/mol. The smallest absolute Gasteiger partial charge is 0.335 e. The van der Waals surface area contributed by atoms with Gasteiger partial charge in [-0.05, 0) is 31.9 Å². The maximum absolute atomic E-state index is 13.1. The molecule has 1 saturated heterocycles. The minimum Gasteiger partial charge on any atom is -0.382 e. The maximum atomic E-state index is 13.1. The number of nitrogen functional groups attached to an aromatic ring is 1. The Balaban J connectivity index is 1.80. The first kappa shape index (κ1) is 17.9. The molecule has 0 aromatic carbocycles. The molecule has 0 unspecified atom stereocenters. The third-order valence-electron chi connectivity index (χ3n) is 4.85. The molecule has 0 amide bonds. The maximum Gasteiger partial charge on any atom is 0.335 e. The molecule has 144 valence electrons. The van der Waals surface area contributed by atoms with E-state index in [1.807, 2.05) is 13.0 Å². The van der Waals surface area contributed by atoms with Gasteiger partial charge in [0.25, 0.3) is 0 Å². The molecule has 0 bridgehead atoms. The van der Waals surface area contributed by atoms with Gasteiger partial charge < -0.3 is 15.8 Å². The molecule has 0 radical (unpaired) electrons. The molecular formula is C18H20N8O2. The lowest BCUT2D eigenvalue weighted by Gasteiger charge is -2.28. The molecule has 0 saturated carbocycles. The summed E-state index contributed by atoms with van der Waals surface area (Å²) in [5, 5.41) is 12.5. The molecule has 4 rings (SSSR count). The molecule has 28 heavy (non-hydrogen) atoms. The fraction of sp³-hybridized carbons (Fsp3) is 0.389. The van der Waals surface area contributed by atoms with Crippen LogP contribution >= 0.6 is 0 Å². The standard InChI is InChI=1S/C18H20N8O2/c1-11(23-16-13(8-19)15(20)21-10-22-16)17-24-14-5-2-6-25(14)18(27)26(17)12-4-3-7-28-9-12/h2,5-6,10-12H,3-4,7,9H2,1H3,(H3,20,21,22,23)/t11-,12+/m0/s1. The van der Waals surface area contributed by atoms with Crippen molar-refractivity contribution >= 4 is 17.3 Å². The van der Waals surface area contributed by atoms with Crippen molar-refractivity contribution in [3.05, 3.63) is 46.5 Å². The number of nitrogens with two attached hydrogens (primary N) is 1. The summed E-state index contributed by atoms with van der Waals surface area (Å²) in [6.07, 6.45) is 4.70. The third-order valence-corrected chi connectivity index (χ3v) is 4.85. The average Bonchev–Trinajstić information content (AvgIpc) is 3.18. The van der Waals surface area contributed by atoms with E-state index >= 15 is 0 Å². The molecule has 1 aliphatic heterocycles. The van der Waals surface area contributed by atoms with Crippen molar-refractivity contribution in [1.29, 1.82) is 5.26 Å². The van der Waals surface area contributed by atoms with Crippen molar-refractivity contribution < 1.29 is 4.74 Å². The number of rotatable bonds is 4. The number of nitrogens with zero attached hydrogens (tertiary/aromatic N) is 6. The number of fused-ring (bicyclic) bond motifs is 1. The molecule has 4 heterocycles. The topological polar surface area (TPSA) is 136 Å². The first-order chi connectivity index (χ1) is 13.6. The van der Waals surface area contributed by atoms with Gasteiger partial charge in [0.1, 0.15) is 41.1 Å². The van der Waals surface area contributed by atoms with Gasteiger partial charge in [-0.3, -0.25) is 8.97 Å². The van der Waals surface area contributed by atoms with Crippen LogP contribution in [0.4, 0.5) is 11.6 Å². The Morgan fingerprint density at radius 1 is 1.46 bits per heavy atom. The fourth-order valence-electron chi connectivity index (χ4n) is 3.47. The van der Waals surface area contributed by atoms with Crippen molar-refractivity contribution in [2.75, 3.05) is 24.3 Å². The van der Waals surface area contributed by atoms with Crippen molar-refractivity contribution in [2.24, 2.45) is 0 Å². The van der Waals surface area contributed by atoms with Crippen LogP contribution < -0.4 is 16.7 Å². The van der Waals surface area contributed by atoms with Gasteiger partial charge in [0.05, 0.1) is 18.7 Å². The summed E-state index contributed by atoms with van der Waals surface area (Å²) in [5.41, 5.74) is 6.32. The van der Waals surface area contributed by atoms with E-state index in [-0.39, 0.29) is 23.1 Å². The number of hydrogen-bond acceptors (Lipinski definition) is 8. The lowest BCUT2D eigenvalue weighted by atomic mass is 10.1. The molecule has 0 spiro atoms. The minimum absolute atomic E-state index is 0.0975. The molecule has 0 aliphatic carbocycles. The summed E-state index contributed by atoms with van der Waals surface area (Å²) >= 11 is 0. The van der Waals surface area contributed by atoms with Crippen molar-refractivity contribution in [2.45, 2.75) is 31.8 Å². The zero-order valence-electron chi connectivity index (χ0n) is 15.4. The van der Waals surface area contributed by atoms with E-state index < -0.39 is 6.04 Å². The highest BCUT2D eigenvalue weighted by atomic mass is 16.5. The Morgan fingerprint density at radius 2 is 2.32 bits per heavy atom. The number of anilines is 2. The van der Waals surface area contributed by atoms with Gasteiger partial charge in [-0.25, -0.2) is 19.7 Å². The predicted octanol–water partition coefficient (Wildman–Crippen LogP) is 1.26. The fourth-order valence-corrected chi connectivity index (χ4v) is 3.47. The lowest BCUT2D eigenvalue weighted by molar-refractivity contribution is 0.0556. The Bertz CT molecular complexity index is 1110. The van der Waals surface area contributed by atoms with Crippen molar-refractivity contribution in [1.82, 2.24) is 23.9 Å². The van der Waals surface area contributed by atoms with Crippen LogP contribution in [0.15, 0.2) is 29.5 Å². The summed E-state index contributed by atoms with van der Waals surface area (Å²) in [7, 11) is 0. The van der Waals surface area contributed by atoms with E-state index in [4.69, 9.17) is 15.5 Å². The first-order valence-electron chi connectivity index (χ1n) is 9.04. The second-order valence-electron chi connectivity index (χ2n) is 6.69.